The van der Waals surface area contributed by atoms with E-state index >= 15 is 0 Å². The lowest BCUT2D eigenvalue weighted by Gasteiger charge is -2.33. The van der Waals surface area contributed by atoms with Gasteiger partial charge in [-0.05, 0) is 53.0 Å². The predicted molar refractivity (Wildman–Crippen MR) is 75.4 cm³/mol. The molecule has 0 radical (unpaired) electrons. The summed E-state index contributed by atoms with van der Waals surface area (Å²) in [5.41, 5.74) is 0. The second-order valence-corrected chi connectivity index (χ2v) is 5.12. The van der Waals surface area contributed by atoms with E-state index in [1.54, 1.807) is 0 Å². The Morgan fingerprint density at radius 1 is 1.06 bits per heavy atom. The lowest BCUT2D eigenvalue weighted by molar-refractivity contribution is 0.0417. The Bertz CT molecular complexity index is 174. The molecule has 0 rings (SSSR count). The lowest BCUT2D eigenvalue weighted by atomic mass is 10.0. The normalized spacial score (nSPS) is 15.5. The molecule has 0 aromatic carbocycles. The van der Waals surface area contributed by atoms with Crippen molar-refractivity contribution < 1.29 is 5.11 Å². The fourth-order valence-electron chi connectivity index (χ4n) is 2.41. The molecule has 2 atom stereocenters. The molecule has 2 unspecified atom stereocenters. The van der Waals surface area contributed by atoms with E-state index < -0.39 is 0 Å². The van der Waals surface area contributed by atoms with Crippen molar-refractivity contribution in [3.63, 3.8) is 0 Å². The molecule has 0 bridgehead atoms. The maximum Gasteiger partial charge on any atom is 0.0695 e. The van der Waals surface area contributed by atoms with Crippen LogP contribution in [0.1, 0.15) is 46.5 Å². The van der Waals surface area contributed by atoms with Crippen molar-refractivity contribution in [2.24, 2.45) is 0 Å². The zero-order chi connectivity index (χ0) is 13.3. The molecule has 0 aliphatic carbocycles. The van der Waals surface area contributed by atoms with Gasteiger partial charge in [-0.25, -0.2) is 0 Å². The summed E-state index contributed by atoms with van der Waals surface area (Å²) in [6, 6.07) is 0.335. The molecule has 0 aliphatic rings. The number of likely N-dealkylation sites (N-methyl/N-ethyl adjacent to an activating group) is 1. The van der Waals surface area contributed by atoms with Gasteiger partial charge in [0.1, 0.15) is 0 Å². The average Bonchev–Trinajstić information content (AvgIpc) is 2.27. The van der Waals surface area contributed by atoms with Gasteiger partial charge in [0.2, 0.25) is 0 Å². The van der Waals surface area contributed by atoms with E-state index in [-0.39, 0.29) is 6.10 Å². The predicted octanol–water partition coefficient (Wildman–Crippen LogP) is 2.20. The van der Waals surface area contributed by atoms with Crippen LogP contribution in [0.2, 0.25) is 0 Å². The van der Waals surface area contributed by atoms with Crippen LogP contribution in [0.15, 0.2) is 0 Å². The maximum absolute atomic E-state index is 10.2. The summed E-state index contributed by atoms with van der Waals surface area (Å²) in [4.78, 5) is 4.65. The Morgan fingerprint density at radius 3 is 2.12 bits per heavy atom. The first-order valence-corrected chi connectivity index (χ1v) is 7.13. The molecule has 17 heavy (non-hydrogen) atoms. The highest BCUT2D eigenvalue weighted by atomic mass is 16.3. The molecule has 0 fully saturated rings. The Kier molecular flexibility index (Phi) is 9.79. The van der Waals surface area contributed by atoms with E-state index in [2.05, 4.69) is 44.7 Å². The standard InChI is InChI=1S/C14H32N2O/c1-6-10-14(17)13(7-2)16(8-3)12-9-11-15(4)5/h13-14,17H,6-12H2,1-5H3. The molecule has 0 amide bonds. The summed E-state index contributed by atoms with van der Waals surface area (Å²) >= 11 is 0. The van der Waals surface area contributed by atoms with Crippen molar-refractivity contribution in [3.8, 4) is 0 Å². The van der Waals surface area contributed by atoms with Gasteiger partial charge in [0.05, 0.1) is 6.10 Å². The second kappa shape index (κ2) is 9.86. The molecule has 0 spiro atoms. The van der Waals surface area contributed by atoms with Gasteiger partial charge in [0, 0.05) is 6.04 Å². The van der Waals surface area contributed by atoms with Crippen LogP contribution < -0.4 is 0 Å². The highest BCUT2D eigenvalue weighted by Crippen LogP contribution is 2.13. The van der Waals surface area contributed by atoms with Crippen LogP contribution in [0.5, 0.6) is 0 Å². The summed E-state index contributed by atoms with van der Waals surface area (Å²) in [5, 5.41) is 10.2. The van der Waals surface area contributed by atoms with Crippen LogP contribution >= 0.6 is 0 Å². The number of nitrogens with zero attached hydrogens (tertiary/aromatic N) is 2. The fraction of sp³-hybridized carbons (Fsp3) is 1.00. The molecular formula is C14H32N2O. The van der Waals surface area contributed by atoms with Gasteiger partial charge in [-0.1, -0.05) is 27.2 Å². The van der Waals surface area contributed by atoms with Gasteiger partial charge in [-0.15, -0.1) is 0 Å². The summed E-state index contributed by atoms with van der Waals surface area (Å²) in [7, 11) is 4.22. The molecular weight excluding hydrogens is 212 g/mol. The molecule has 0 saturated heterocycles. The molecule has 0 heterocycles. The summed E-state index contributed by atoms with van der Waals surface area (Å²) in [6.45, 7) is 9.75. The first kappa shape index (κ1) is 16.9. The Morgan fingerprint density at radius 2 is 1.71 bits per heavy atom. The van der Waals surface area contributed by atoms with Crippen molar-refractivity contribution in [2.75, 3.05) is 33.7 Å². The van der Waals surface area contributed by atoms with E-state index in [1.807, 2.05) is 0 Å². The number of rotatable bonds is 10. The maximum atomic E-state index is 10.2. The summed E-state index contributed by atoms with van der Waals surface area (Å²) < 4.78 is 0. The van der Waals surface area contributed by atoms with Crippen LogP contribution in [0, 0.1) is 0 Å². The van der Waals surface area contributed by atoms with Crippen LogP contribution in [0.3, 0.4) is 0 Å². The van der Waals surface area contributed by atoms with E-state index in [1.165, 1.54) is 6.42 Å². The van der Waals surface area contributed by atoms with Gasteiger partial charge >= 0.3 is 0 Å². The molecule has 1 N–H and O–H groups in total. The lowest BCUT2D eigenvalue weighted by Crippen LogP contribution is -2.44. The number of aliphatic hydroxyl groups is 1. The molecule has 104 valence electrons. The molecule has 0 aromatic rings. The van der Waals surface area contributed by atoms with Crippen molar-refractivity contribution >= 4 is 0 Å². The van der Waals surface area contributed by atoms with Gasteiger partial charge < -0.3 is 10.0 Å². The minimum Gasteiger partial charge on any atom is -0.391 e. The summed E-state index contributed by atoms with van der Waals surface area (Å²) in [5.74, 6) is 0. The van der Waals surface area contributed by atoms with Crippen molar-refractivity contribution in [3.05, 3.63) is 0 Å². The van der Waals surface area contributed by atoms with Crippen LogP contribution in [-0.2, 0) is 0 Å². The van der Waals surface area contributed by atoms with Gasteiger partial charge in [-0.3, -0.25) is 4.90 Å². The minimum absolute atomic E-state index is 0.163. The van der Waals surface area contributed by atoms with Crippen LogP contribution in [0.4, 0.5) is 0 Å². The fourth-order valence-corrected chi connectivity index (χ4v) is 2.41. The third-order valence-electron chi connectivity index (χ3n) is 3.37. The second-order valence-electron chi connectivity index (χ2n) is 5.12. The van der Waals surface area contributed by atoms with Crippen LogP contribution in [-0.4, -0.2) is 60.8 Å². The van der Waals surface area contributed by atoms with E-state index in [4.69, 9.17) is 0 Å². The topological polar surface area (TPSA) is 26.7 Å². The monoisotopic (exact) mass is 244 g/mol. The SMILES string of the molecule is CCCC(O)C(CC)N(CC)CCCN(C)C. The van der Waals surface area contributed by atoms with Crippen molar-refractivity contribution in [2.45, 2.75) is 58.6 Å². The Hall–Kier alpha value is -0.120. The third kappa shape index (κ3) is 7.02. The quantitative estimate of drug-likeness (QED) is 0.638. The van der Waals surface area contributed by atoms with E-state index in [0.29, 0.717) is 6.04 Å². The first-order valence-electron chi connectivity index (χ1n) is 7.13. The van der Waals surface area contributed by atoms with Crippen LogP contribution in [0.25, 0.3) is 0 Å². The third-order valence-corrected chi connectivity index (χ3v) is 3.37. The zero-order valence-corrected chi connectivity index (χ0v) is 12.4. The van der Waals surface area contributed by atoms with Crippen molar-refractivity contribution in [1.82, 2.24) is 9.80 Å². The van der Waals surface area contributed by atoms with Gasteiger partial charge in [0.15, 0.2) is 0 Å². The average molecular weight is 244 g/mol. The number of hydrogen-bond donors (Lipinski definition) is 1. The highest BCUT2D eigenvalue weighted by molar-refractivity contribution is 4.77. The Labute approximate surface area is 108 Å². The molecule has 3 nitrogen and oxygen atoms in total. The Balaban J connectivity index is 4.17. The van der Waals surface area contributed by atoms with Gasteiger partial charge in [-0.2, -0.15) is 0 Å². The van der Waals surface area contributed by atoms with E-state index in [0.717, 1.165) is 38.9 Å². The molecule has 0 aliphatic heterocycles. The van der Waals surface area contributed by atoms with Crippen molar-refractivity contribution in [1.29, 1.82) is 0 Å². The molecule has 3 heteroatoms. The first-order chi connectivity index (χ1) is 8.06. The molecule has 0 saturated carbocycles. The summed E-state index contributed by atoms with van der Waals surface area (Å²) in [6.07, 6.45) is 4.03. The van der Waals surface area contributed by atoms with E-state index in [9.17, 15) is 5.11 Å². The number of aliphatic hydroxyl groups excluding tert-OH is 1. The largest absolute Gasteiger partial charge is 0.391 e. The minimum atomic E-state index is -0.163. The smallest absolute Gasteiger partial charge is 0.0695 e. The van der Waals surface area contributed by atoms with Gasteiger partial charge in [0.25, 0.3) is 0 Å². The highest BCUT2D eigenvalue weighted by Gasteiger charge is 2.22. The number of hydrogen-bond acceptors (Lipinski definition) is 3. The zero-order valence-electron chi connectivity index (χ0n) is 12.4. The molecule has 0 aromatic heterocycles.